The topological polar surface area (TPSA) is 111 Å². The highest BCUT2D eigenvalue weighted by molar-refractivity contribution is 7.90. The Hall–Kier alpha value is -3.18. The number of sulfone groups is 1. The first kappa shape index (κ1) is 25.5. The number of benzene rings is 1. The minimum Gasteiger partial charge on any atom is -0.470 e. The summed E-state index contributed by atoms with van der Waals surface area (Å²) < 4.78 is 29.3. The molecule has 1 saturated heterocycles. The lowest BCUT2D eigenvalue weighted by Gasteiger charge is -2.31. The summed E-state index contributed by atoms with van der Waals surface area (Å²) >= 11 is 1.37. The molecule has 1 aliphatic rings. The highest BCUT2D eigenvalue weighted by Crippen LogP contribution is 2.29. The smallest absolute Gasteiger partial charge is 0.277 e. The highest BCUT2D eigenvalue weighted by Gasteiger charge is 2.21. The van der Waals surface area contributed by atoms with Crippen molar-refractivity contribution in [3.8, 4) is 16.5 Å². The normalized spacial score (nSPS) is 14.8. The molecule has 4 heterocycles. The van der Waals surface area contributed by atoms with E-state index in [0.717, 1.165) is 56.7 Å². The van der Waals surface area contributed by atoms with Gasteiger partial charge in [-0.1, -0.05) is 36.8 Å². The second-order valence-electron chi connectivity index (χ2n) is 9.37. The van der Waals surface area contributed by atoms with E-state index in [1.54, 1.807) is 30.5 Å². The Labute approximate surface area is 220 Å². The molecule has 0 saturated carbocycles. The maximum Gasteiger partial charge on any atom is 0.277 e. The Morgan fingerprint density at radius 3 is 2.43 bits per heavy atom. The van der Waals surface area contributed by atoms with Crippen LogP contribution in [0.5, 0.6) is 5.19 Å². The van der Waals surface area contributed by atoms with E-state index < -0.39 is 9.84 Å². The quantitative estimate of drug-likeness (QED) is 0.302. The molecule has 0 radical (unpaired) electrons. The van der Waals surface area contributed by atoms with Gasteiger partial charge in [0.2, 0.25) is 5.95 Å². The van der Waals surface area contributed by atoms with E-state index in [4.69, 9.17) is 4.74 Å². The van der Waals surface area contributed by atoms with Crippen molar-refractivity contribution in [1.82, 2.24) is 24.9 Å². The van der Waals surface area contributed by atoms with Crippen molar-refractivity contribution in [1.29, 1.82) is 0 Å². The van der Waals surface area contributed by atoms with Crippen LogP contribution in [-0.4, -0.2) is 59.3 Å². The van der Waals surface area contributed by atoms with Gasteiger partial charge < -0.3 is 9.64 Å². The van der Waals surface area contributed by atoms with Gasteiger partial charge in [-0.2, -0.15) is 4.98 Å². The molecule has 0 N–H and O–H groups in total. The molecule has 0 amide bonds. The number of nitrogens with zero attached hydrogens (tertiary/aromatic N) is 6. The van der Waals surface area contributed by atoms with Gasteiger partial charge in [0.1, 0.15) is 0 Å². The van der Waals surface area contributed by atoms with Crippen molar-refractivity contribution < 1.29 is 13.2 Å². The van der Waals surface area contributed by atoms with Crippen molar-refractivity contribution in [3.05, 3.63) is 48.4 Å². The Kier molecular flexibility index (Phi) is 7.61. The summed E-state index contributed by atoms with van der Waals surface area (Å²) in [5.41, 5.74) is 3.21. The van der Waals surface area contributed by atoms with Crippen molar-refractivity contribution in [2.75, 3.05) is 30.9 Å². The lowest BCUT2D eigenvalue weighted by Crippen LogP contribution is -2.35. The fourth-order valence-corrected chi connectivity index (χ4v) is 5.84. The van der Waals surface area contributed by atoms with Gasteiger partial charge in [-0.25, -0.2) is 28.4 Å². The summed E-state index contributed by atoms with van der Waals surface area (Å²) in [4.78, 5) is 25.9. The monoisotopic (exact) mass is 538 g/mol. The van der Waals surface area contributed by atoms with Gasteiger partial charge in [-0.05, 0) is 49.3 Å². The number of piperidine rings is 1. The molecule has 5 rings (SSSR count). The van der Waals surface area contributed by atoms with Crippen molar-refractivity contribution in [2.45, 2.75) is 43.9 Å². The van der Waals surface area contributed by atoms with Gasteiger partial charge in [0.25, 0.3) is 5.19 Å². The fourth-order valence-electron chi connectivity index (χ4n) is 4.44. The van der Waals surface area contributed by atoms with Crippen LogP contribution in [0.3, 0.4) is 0 Å². The Morgan fingerprint density at radius 1 is 1.03 bits per heavy atom. The molecule has 1 fully saturated rings. The number of aromatic nitrogens is 5. The van der Waals surface area contributed by atoms with Crippen LogP contribution in [0.4, 0.5) is 5.95 Å². The molecule has 4 aromatic rings. The third kappa shape index (κ3) is 6.22. The van der Waals surface area contributed by atoms with Crippen LogP contribution >= 0.6 is 11.3 Å². The lowest BCUT2D eigenvalue weighted by molar-refractivity contribution is 0.257. The van der Waals surface area contributed by atoms with E-state index in [-0.39, 0.29) is 4.90 Å². The molecule has 0 aliphatic carbocycles. The minimum atomic E-state index is -3.24. The number of anilines is 1. The van der Waals surface area contributed by atoms with E-state index in [9.17, 15) is 8.42 Å². The molecule has 9 nitrogen and oxygen atoms in total. The van der Waals surface area contributed by atoms with Crippen LogP contribution in [-0.2, 0) is 16.3 Å². The average molecular weight is 539 g/mol. The maximum absolute atomic E-state index is 11.7. The van der Waals surface area contributed by atoms with Gasteiger partial charge in [-0.15, -0.1) is 0 Å². The van der Waals surface area contributed by atoms with Crippen LogP contribution < -0.4 is 9.64 Å². The first-order valence-corrected chi connectivity index (χ1v) is 15.2. The molecule has 194 valence electrons. The second kappa shape index (κ2) is 11.1. The third-order valence-corrected chi connectivity index (χ3v) is 8.54. The van der Waals surface area contributed by atoms with E-state index in [1.807, 2.05) is 12.4 Å². The summed E-state index contributed by atoms with van der Waals surface area (Å²) in [6.45, 7) is 4.68. The Balaban J connectivity index is 1.13. The van der Waals surface area contributed by atoms with Crippen molar-refractivity contribution in [2.24, 2.45) is 5.92 Å². The van der Waals surface area contributed by atoms with E-state index in [0.29, 0.717) is 33.9 Å². The Morgan fingerprint density at radius 2 is 1.76 bits per heavy atom. The van der Waals surface area contributed by atoms with Crippen molar-refractivity contribution in [3.63, 3.8) is 0 Å². The molecular weight excluding hydrogens is 508 g/mol. The number of fused-ring (bicyclic) bond motifs is 1. The van der Waals surface area contributed by atoms with E-state index in [2.05, 4.69) is 36.7 Å². The molecule has 1 aliphatic heterocycles. The SMILES string of the molecule is CCCc1cnc(N2CCC(CCOc3nc4ncc(-c5ccc(S(C)(=O)=O)cc5)nc4s3)CC2)nc1. The number of hydrogen-bond acceptors (Lipinski definition) is 10. The standard InChI is InChI=1S/C26H30N6O3S2/c1-3-4-19-15-28-25(29-16-19)32-12-9-18(10-13-32)11-14-35-26-31-23-24(36-26)30-22(17-27-23)20-5-7-21(8-6-20)37(2,33)34/h5-8,15-18H,3-4,9-14H2,1-2H3. The molecule has 0 bridgehead atoms. The molecule has 0 unspecified atom stereocenters. The third-order valence-electron chi connectivity index (χ3n) is 6.56. The largest absolute Gasteiger partial charge is 0.470 e. The summed E-state index contributed by atoms with van der Waals surface area (Å²) in [5.74, 6) is 1.43. The molecular formula is C26H30N6O3S2. The van der Waals surface area contributed by atoms with Crippen LogP contribution in [0.1, 0.15) is 38.2 Å². The van der Waals surface area contributed by atoms with Gasteiger partial charge in [0.05, 0.1) is 23.4 Å². The van der Waals surface area contributed by atoms with Crippen LogP contribution in [0.25, 0.3) is 21.7 Å². The maximum atomic E-state index is 11.7. The predicted octanol–water partition coefficient (Wildman–Crippen LogP) is 4.58. The van der Waals surface area contributed by atoms with Gasteiger partial charge in [-0.3, -0.25) is 0 Å². The summed E-state index contributed by atoms with van der Waals surface area (Å²) in [6.07, 6.45) is 12.0. The molecule has 1 aromatic carbocycles. The second-order valence-corrected chi connectivity index (χ2v) is 12.3. The number of rotatable bonds is 9. The molecule has 0 spiro atoms. The zero-order valence-electron chi connectivity index (χ0n) is 21.0. The number of ether oxygens (including phenoxy) is 1. The van der Waals surface area contributed by atoms with E-state index in [1.165, 1.54) is 23.2 Å². The van der Waals surface area contributed by atoms with Crippen molar-refractivity contribution >= 4 is 37.6 Å². The predicted molar refractivity (Wildman–Crippen MR) is 145 cm³/mol. The van der Waals surface area contributed by atoms with Gasteiger partial charge in [0.15, 0.2) is 20.3 Å². The zero-order valence-corrected chi connectivity index (χ0v) is 22.6. The van der Waals surface area contributed by atoms with Crippen LogP contribution in [0.15, 0.2) is 47.8 Å². The fraction of sp³-hybridized carbons (Fsp3) is 0.423. The molecule has 0 atom stereocenters. The minimum absolute atomic E-state index is 0.277. The molecule has 37 heavy (non-hydrogen) atoms. The van der Waals surface area contributed by atoms with E-state index >= 15 is 0 Å². The first-order valence-electron chi connectivity index (χ1n) is 12.5. The molecule has 11 heteroatoms. The average Bonchev–Trinajstić information content (AvgIpc) is 3.31. The zero-order chi connectivity index (χ0) is 25.8. The molecule has 3 aromatic heterocycles. The van der Waals surface area contributed by atoms with Crippen LogP contribution in [0, 0.1) is 5.92 Å². The summed E-state index contributed by atoms with van der Waals surface area (Å²) in [7, 11) is -3.24. The Bertz CT molecular complexity index is 1450. The van der Waals surface area contributed by atoms with Crippen LogP contribution in [0.2, 0.25) is 0 Å². The summed E-state index contributed by atoms with van der Waals surface area (Å²) in [5, 5.41) is 0.567. The number of aryl methyl sites for hydroxylation is 1. The number of hydrogen-bond donors (Lipinski definition) is 0. The lowest BCUT2D eigenvalue weighted by atomic mass is 9.94. The summed E-state index contributed by atoms with van der Waals surface area (Å²) in [6, 6.07) is 6.64. The number of thiazole rings is 1. The van der Waals surface area contributed by atoms with Gasteiger partial charge >= 0.3 is 0 Å². The highest BCUT2D eigenvalue weighted by atomic mass is 32.2. The van der Waals surface area contributed by atoms with Gasteiger partial charge in [0, 0.05) is 37.3 Å². The first-order chi connectivity index (χ1) is 17.9.